The highest BCUT2D eigenvalue weighted by Gasteiger charge is 2.12. The molecule has 0 amide bonds. The Bertz CT molecular complexity index is 353. The van der Waals surface area contributed by atoms with E-state index >= 15 is 0 Å². The fourth-order valence-electron chi connectivity index (χ4n) is 1.15. The van der Waals surface area contributed by atoms with Crippen molar-refractivity contribution < 1.29 is 4.92 Å². The molecule has 1 unspecified atom stereocenters. The maximum atomic E-state index is 10.5. The summed E-state index contributed by atoms with van der Waals surface area (Å²) in [6.07, 6.45) is 2.26. The lowest BCUT2D eigenvalue weighted by Crippen LogP contribution is -2.22. The topological polar surface area (TPSA) is 71.3 Å². The molecule has 16 heavy (non-hydrogen) atoms. The predicted octanol–water partition coefficient (Wildman–Crippen LogP) is 1.80. The zero-order valence-electron chi connectivity index (χ0n) is 9.64. The number of nitro groups is 1. The third-order valence-electron chi connectivity index (χ3n) is 2.05. The average molecular weight is 244 g/mol. The fraction of sp³-hybridized carbons (Fsp3) is 0.667. The van der Waals surface area contributed by atoms with Gasteiger partial charge < -0.3 is 10.2 Å². The number of hydrogen-bond acceptors (Lipinski definition) is 6. The van der Waals surface area contributed by atoms with Crippen molar-refractivity contribution in [3.05, 3.63) is 16.3 Å². The van der Waals surface area contributed by atoms with Gasteiger partial charge in [-0.05, 0) is 45.3 Å². The van der Waals surface area contributed by atoms with Crippen LogP contribution in [0.25, 0.3) is 0 Å². The summed E-state index contributed by atoms with van der Waals surface area (Å²) in [6.45, 7) is 3.01. The van der Waals surface area contributed by atoms with E-state index in [4.69, 9.17) is 0 Å². The zero-order valence-corrected chi connectivity index (χ0v) is 10.5. The maximum absolute atomic E-state index is 10.5. The molecule has 1 heterocycles. The standard InChI is InChI=1S/C9H16N4O2S/c1-7(4-5-12(2)3)11-9-10-6-8(16-9)13(14)15/h6-7H,4-5H2,1-3H3,(H,10,11). The van der Waals surface area contributed by atoms with Crippen LogP contribution in [0.5, 0.6) is 0 Å². The van der Waals surface area contributed by atoms with Gasteiger partial charge in [0, 0.05) is 6.04 Å². The maximum Gasteiger partial charge on any atom is 0.345 e. The summed E-state index contributed by atoms with van der Waals surface area (Å²) in [5.74, 6) is 0. The highest BCUT2D eigenvalue weighted by molar-refractivity contribution is 7.18. The Morgan fingerprint density at radius 1 is 1.69 bits per heavy atom. The van der Waals surface area contributed by atoms with Gasteiger partial charge in [0.15, 0.2) is 5.13 Å². The Morgan fingerprint density at radius 2 is 2.38 bits per heavy atom. The number of rotatable bonds is 6. The Kier molecular flexibility index (Phi) is 4.63. The van der Waals surface area contributed by atoms with Crippen LogP contribution in [0.4, 0.5) is 10.1 Å². The first kappa shape index (κ1) is 12.9. The van der Waals surface area contributed by atoms with Crippen molar-refractivity contribution in [2.75, 3.05) is 26.0 Å². The van der Waals surface area contributed by atoms with Crippen molar-refractivity contribution in [1.29, 1.82) is 0 Å². The Hall–Kier alpha value is -1.21. The third-order valence-corrected chi connectivity index (χ3v) is 2.93. The van der Waals surface area contributed by atoms with Crippen LogP contribution in [0.15, 0.2) is 6.20 Å². The molecule has 0 aliphatic carbocycles. The van der Waals surface area contributed by atoms with Crippen molar-refractivity contribution in [2.45, 2.75) is 19.4 Å². The average Bonchev–Trinajstić information content (AvgIpc) is 2.63. The summed E-state index contributed by atoms with van der Waals surface area (Å²) >= 11 is 1.07. The molecule has 0 aliphatic rings. The van der Waals surface area contributed by atoms with Gasteiger partial charge in [-0.1, -0.05) is 0 Å². The molecule has 90 valence electrons. The van der Waals surface area contributed by atoms with E-state index in [0.29, 0.717) is 5.13 Å². The van der Waals surface area contributed by atoms with Crippen molar-refractivity contribution >= 4 is 21.5 Å². The van der Waals surface area contributed by atoms with Gasteiger partial charge in [-0.25, -0.2) is 4.98 Å². The monoisotopic (exact) mass is 244 g/mol. The second-order valence-corrected chi connectivity index (χ2v) is 4.91. The van der Waals surface area contributed by atoms with Crippen LogP contribution < -0.4 is 5.32 Å². The number of nitrogens with one attached hydrogen (secondary N) is 1. The van der Waals surface area contributed by atoms with Gasteiger partial charge in [0.2, 0.25) is 0 Å². The van der Waals surface area contributed by atoms with Gasteiger partial charge in [0.05, 0.1) is 4.92 Å². The molecule has 1 aromatic rings. The lowest BCUT2D eigenvalue weighted by molar-refractivity contribution is -0.380. The quantitative estimate of drug-likeness (QED) is 0.610. The van der Waals surface area contributed by atoms with E-state index in [2.05, 4.69) is 15.2 Å². The molecule has 0 saturated carbocycles. The minimum atomic E-state index is -0.423. The molecule has 6 nitrogen and oxygen atoms in total. The molecule has 0 spiro atoms. The molecule has 0 saturated heterocycles. The van der Waals surface area contributed by atoms with Crippen molar-refractivity contribution in [2.24, 2.45) is 0 Å². The molecule has 1 N–H and O–H groups in total. The first-order chi connectivity index (χ1) is 7.49. The molecule has 0 bridgehead atoms. The molecule has 0 fully saturated rings. The normalized spacial score (nSPS) is 12.8. The number of nitrogens with zero attached hydrogens (tertiary/aromatic N) is 3. The second kappa shape index (κ2) is 5.76. The SMILES string of the molecule is CC(CCN(C)C)Nc1ncc([N+](=O)[O-])s1. The van der Waals surface area contributed by atoms with Crippen molar-refractivity contribution in [3.8, 4) is 0 Å². The van der Waals surface area contributed by atoms with E-state index in [1.807, 2.05) is 21.0 Å². The van der Waals surface area contributed by atoms with Crippen LogP contribution in [0.3, 0.4) is 0 Å². The molecular formula is C9H16N4O2S. The number of anilines is 1. The molecule has 1 rings (SSSR count). The molecule has 7 heteroatoms. The van der Waals surface area contributed by atoms with Crippen molar-refractivity contribution in [3.63, 3.8) is 0 Å². The Morgan fingerprint density at radius 3 is 2.88 bits per heavy atom. The summed E-state index contributed by atoms with van der Waals surface area (Å²) in [7, 11) is 4.03. The molecular weight excluding hydrogens is 228 g/mol. The predicted molar refractivity (Wildman–Crippen MR) is 65.0 cm³/mol. The van der Waals surface area contributed by atoms with E-state index < -0.39 is 4.92 Å². The van der Waals surface area contributed by atoms with Gasteiger partial charge in [0.25, 0.3) is 0 Å². The first-order valence-corrected chi connectivity index (χ1v) is 5.82. The Labute approximate surface area is 98.4 Å². The summed E-state index contributed by atoms with van der Waals surface area (Å²) in [4.78, 5) is 16.1. The van der Waals surface area contributed by atoms with Crippen molar-refractivity contribution in [1.82, 2.24) is 9.88 Å². The molecule has 1 aromatic heterocycles. The minimum absolute atomic E-state index is 0.0716. The lowest BCUT2D eigenvalue weighted by Gasteiger charge is -2.15. The smallest absolute Gasteiger partial charge is 0.345 e. The molecule has 1 atom stereocenters. The fourth-order valence-corrected chi connectivity index (χ4v) is 1.90. The molecule has 0 aliphatic heterocycles. The van der Waals surface area contributed by atoms with Gasteiger partial charge >= 0.3 is 5.00 Å². The van der Waals surface area contributed by atoms with Crippen LogP contribution in [-0.4, -0.2) is 41.5 Å². The summed E-state index contributed by atoms with van der Waals surface area (Å²) < 4.78 is 0. The van der Waals surface area contributed by atoms with Gasteiger partial charge in [-0.15, -0.1) is 0 Å². The number of aromatic nitrogens is 1. The van der Waals surface area contributed by atoms with Crippen LogP contribution in [0.2, 0.25) is 0 Å². The molecule has 0 radical (unpaired) electrons. The largest absolute Gasteiger partial charge is 0.359 e. The second-order valence-electron chi connectivity index (χ2n) is 3.90. The van der Waals surface area contributed by atoms with E-state index in [-0.39, 0.29) is 11.0 Å². The van der Waals surface area contributed by atoms with Gasteiger partial charge in [-0.3, -0.25) is 10.1 Å². The van der Waals surface area contributed by atoms with E-state index in [9.17, 15) is 10.1 Å². The number of thiazole rings is 1. The minimum Gasteiger partial charge on any atom is -0.359 e. The van der Waals surface area contributed by atoms with Crippen LogP contribution in [-0.2, 0) is 0 Å². The molecule has 0 aromatic carbocycles. The van der Waals surface area contributed by atoms with Crippen LogP contribution in [0, 0.1) is 10.1 Å². The van der Waals surface area contributed by atoms with E-state index in [0.717, 1.165) is 24.3 Å². The third kappa shape index (κ3) is 4.11. The highest BCUT2D eigenvalue weighted by atomic mass is 32.1. The van der Waals surface area contributed by atoms with Gasteiger partial charge in [-0.2, -0.15) is 0 Å². The van der Waals surface area contributed by atoms with Crippen LogP contribution >= 0.6 is 11.3 Å². The highest BCUT2D eigenvalue weighted by Crippen LogP contribution is 2.25. The summed E-state index contributed by atoms with van der Waals surface area (Å²) in [5.41, 5.74) is 0. The lowest BCUT2D eigenvalue weighted by atomic mass is 10.2. The summed E-state index contributed by atoms with van der Waals surface area (Å²) in [5, 5.41) is 14.3. The first-order valence-electron chi connectivity index (χ1n) is 5.00. The number of hydrogen-bond donors (Lipinski definition) is 1. The van der Waals surface area contributed by atoms with Crippen LogP contribution in [0.1, 0.15) is 13.3 Å². The zero-order chi connectivity index (χ0) is 12.1. The summed E-state index contributed by atoms with van der Waals surface area (Å²) in [6, 6.07) is 0.258. The van der Waals surface area contributed by atoms with E-state index in [1.165, 1.54) is 6.20 Å². The Balaban J connectivity index is 2.43. The van der Waals surface area contributed by atoms with Gasteiger partial charge in [0.1, 0.15) is 6.20 Å². The van der Waals surface area contributed by atoms with E-state index in [1.54, 1.807) is 0 Å².